The van der Waals surface area contributed by atoms with Gasteiger partial charge in [0, 0.05) is 0 Å². The van der Waals surface area contributed by atoms with Crippen LogP contribution in [0.15, 0.2) is 24.3 Å². The van der Waals surface area contributed by atoms with E-state index < -0.39 is 5.60 Å². The smallest absolute Gasteiger partial charge is 0.123 e. The number of benzene rings is 1. The number of hydrogen-bond acceptors (Lipinski definition) is 1. The first kappa shape index (κ1) is 6.80. The maximum absolute atomic E-state index is 12.4. The van der Waals surface area contributed by atoms with Gasteiger partial charge in [0.2, 0.25) is 0 Å². The Hall–Kier alpha value is -0.890. The lowest BCUT2D eigenvalue weighted by Crippen LogP contribution is -2.03. The van der Waals surface area contributed by atoms with Gasteiger partial charge in [-0.3, -0.25) is 0 Å². The van der Waals surface area contributed by atoms with Crippen LogP contribution in [-0.2, 0) is 5.60 Å². The molecular weight excluding hydrogens is 143 g/mol. The second-order valence-corrected chi connectivity index (χ2v) is 3.04. The Kier molecular flexibility index (Phi) is 1.26. The standard InChI is InChI=1S/C9H9FO/c10-8-3-1-7(2-4-8)9(11)5-6-9/h1-4,11H,5-6H2. The monoisotopic (exact) mass is 152 g/mol. The third-order valence-corrected chi connectivity index (χ3v) is 2.11. The van der Waals surface area contributed by atoms with E-state index in [0.717, 1.165) is 18.4 Å². The molecule has 1 nitrogen and oxygen atoms in total. The van der Waals surface area contributed by atoms with Gasteiger partial charge in [0.25, 0.3) is 0 Å². The van der Waals surface area contributed by atoms with Gasteiger partial charge >= 0.3 is 0 Å². The first-order chi connectivity index (χ1) is 5.21. The Morgan fingerprint density at radius 1 is 1.18 bits per heavy atom. The van der Waals surface area contributed by atoms with Crippen LogP contribution in [-0.4, -0.2) is 5.11 Å². The highest BCUT2D eigenvalue weighted by molar-refractivity contribution is 5.27. The van der Waals surface area contributed by atoms with Crippen LogP contribution in [0.2, 0.25) is 0 Å². The van der Waals surface area contributed by atoms with Crippen LogP contribution in [0.5, 0.6) is 0 Å². The first-order valence-corrected chi connectivity index (χ1v) is 3.69. The molecule has 0 amide bonds. The summed E-state index contributed by atoms with van der Waals surface area (Å²) in [6, 6.07) is 6.04. The van der Waals surface area contributed by atoms with Crippen molar-refractivity contribution in [1.82, 2.24) is 0 Å². The molecule has 0 spiro atoms. The normalized spacial score (nSPS) is 19.8. The minimum atomic E-state index is -0.631. The summed E-state index contributed by atoms with van der Waals surface area (Å²) in [5.74, 6) is -0.252. The van der Waals surface area contributed by atoms with Crippen LogP contribution in [0, 0.1) is 5.82 Å². The molecule has 1 aromatic carbocycles. The molecule has 58 valence electrons. The topological polar surface area (TPSA) is 20.2 Å². The van der Waals surface area contributed by atoms with Crippen LogP contribution in [0.3, 0.4) is 0 Å². The van der Waals surface area contributed by atoms with E-state index >= 15 is 0 Å². The largest absolute Gasteiger partial charge is 0.385 e. The average Bonchev–Trinajstić information content (AvgIpc) is 2.70. The SMILES string of the molecule is OC1(c2ccc(F)cc2)CC1. The Morgan fingerprint density at radius 2 is 1.73 bits per heavy atom. The van der Waals surface area contributed by atoms with E-state index in [2.05, 4.69) is 0 Å². The van der Waals surface area contributed by atoms with Crippen molar-refractivity contribution in [3.05, 3.63) is 35.6 Å². The number of rotatable bonds is 1. The van der Waals surface area contributed by atoms with Gasteiger partial charge in [-0.1, -0.05) is 12.1 Å². The molecule has 0 radical (unpaired) electrons. The molecule has 11 heavy (non-hydrogen) atoms. The second kappa shape index (κ2) is 2.05. The minimum Gasteiger partial charge on any atom is -0.385 e. The van der Waals surface area contributed by atoms with Crippen molar-refractivity contribution < 1.29 is 9.50 Å². The number of hydrogen-bond donors (Lipinski definition) is 1. The van der Waals surface area contributed by atoms with Crippen LogP contribution >= 0.6 is 0 Å². The molecule has 1 saturated carbocycles. The van der Waals surface area contributed by atoms with Gasteiger partial charge in [-0.15, -0.1) is 0 Å². The van der Waals surface area contributed by atoms with E-state index in [0.29, 0.717) is 0 Å². The van der Waals surface area contributed by atoms with Crippen molar-refractivity contribution in [3.63, 3.8) is 0 Å². The van der Waals surface area contributed by atoms with Crippen LogP contribution in [0.4, 0.5) is 4.39 Å². The number of aliphatic hydroxyl groups is 1. The predicted octanol–water partition coefficient (Wildman–Crippen LogP) is 1.81. The molecule has 2 rings (SSSR count). The Labute approximate surface area is 64.5 Å². The van der Waals surface area contributed by atoms with Gasteiger partial charge in [0.15, 0.2) is 0 Å². The molecule has 1 aliphatic carbocycles. The highest BCUT2D eigenvalue weighted by Gasteiger charge is 2.41. The van der Waals surface area contributed by atoms with Crippen molar-refractivity contribution in [2.24, 2.45) is 0 Å². The summed E-state index contributed by atoms with van der Waals surface area (Å²) >= 11 is 0. The molecular formula is C9H9FO. The lowest BCUT2D eigenvalue weighted by atomic mass is 10.1. The zero-order valence-corrected chi connectivity index (χ0v) is 6.05. The minimum absolute atomic E-state index is 0.252. The summed E-state index contributed by atoms with van der Waals surface area (Å²) in [6.45, 7) is 0. The molecule has 1 fully saturated rings. The third-order valence-electron chi connectivity index (χ3n) is 2.11. The van der Waals surface area contributed by atoms with Crippen molar-refractivity contribution in [1.29, 1.82) is 0 Å². The van der Waals surface area contributed by atoms with Crippen molar-refractivity contribution in [3.8, 4) is 0 Å². The van der Waals surface area contributed by atoms with Gasteiger partial charge in [-0.25, -0.2) is 4.39 Å². The molecule has 0 saturated heterocycles. The van der Waals surface area contributed by atoms with Gasteiger partial charge in [-0.05, 0) is 30.5 Å². The van der Waals surface area contributed by atoms with E-state index in [4.69, 9.17) is 0 Å². The fourth-order valence-corrected chi connectivity index (χ4v) is 1.17. The summed E-state index contributed by atoms with van der Waals surface area (Å²) in [5.41, 5.74) is 0.201. The lowest BCUT2D eigenvalue weighted by molar-refractivity contribution is 0.151. The van der Waals surface area contributed by atoms with Gasteiger partial charge in [0.05, 0.1) is 5.60 Å². The van der Waals surface area contributed by atoms with Crippen molar-refractivity contribution >= 4 is 0 Å². The molecule has 1 aromatic rings. The van der Waals surface area contributed by atoms with E-state index in [9.17, 15) is 9.50 Å². The summed E-state index contributed by atoms with van der Waals surface area (Å²) < 4.78 is 12.4. The van der Waals surface area contributed by atoms with Crippen molar-refractivity contribution in [2.75, 3.05) is 0 Å². The lowest BCUT2D eigenvalue weighted by Gasteiger charge is -2.06. The maximum atomic E-state index is 12.4. The molecule has 0 heterocycles. The maximum Gasteiger partial charge on any atom is 0.123 e. The van der Waals surface area contributed by atoms with Gasteiger partial charge < -0.3 is 5.11 Å². The fraction of sp³-hybridized carbons (Fsp3) is 0.333. The van der Waals surface area contributed by atoms with E-state index in [1.54, 1.807) is 12.1 Å². The molecule has 1 N–H and O–H groups in total. The average molecular weight is 152 g/mol. The Balaban J connectivity index is 2.33. The van der Waals surface area contributed by atoms with E-state index in [-0.39, 0.29) is 5.82 Å². The second-order valence-electron chi connectivity index (χ2n) is 3.04. The molecule has 0 aromatic heterocycles. The van der Waals surface area contributed by atoms with Crippen LogP contribution in [0.1, 0.15) is 18.4 Å². The molecule has 0 atom stereocenters. The quantitative estimate of drug-likeness (QED) is 0.650. The van der Waals surface area contributed by atoms with Crippen molar-refractivity contribution in [2.45, 2.75) is 18.4 Å². The van der Waals surface area contributed by atoms with E-state index in [1.165, 1.54) is 12.1 Å². The molecule has 0 unspecified atom stereocenters. The van der Waals surface area contributed by atoms with Gasteiger partial charge in [-0.2, -0.15) is 0 Å². The van der Waals surface area contributed by atoms with Gasteiger partial charge in [0.1, 0.15) is 5.82 Å². The first-order valence-electron chi connectivity index (χ1n) is 3.69. The Morgan fingerprint density at radius 3 is 2.18 bits per heavy atom. The molecule has 0 aliphatic heterocycles. The Bertz CT molecular complexity index is 261. The predicted molar refractivity (Wildman–Crippen MR) is 39.5 cm³/mol. The molecule has 0 bridgehead atoms. The molecule has 1 aliphatic rings. The van der Waals surface area contributed by atoms with E-state index in [1.807, 2.05) is 0 Å². The summed E-state index contributed by atoms with van der Waals surface area (Å²) in [5, 5.41) is 9.57. The zero-order valence-electron chi connectivity index (χ0n) is 6.05. The highest BCUT2D eigenvalue weighted by atomic mass is 19.1. The zero-order chi connectivity index (χ0) is 7.90. The fourth-order valence-electron chi connectivity index (χ4n) is 1.17. The summed E-state index contributed by atoms with van der Waals surface area (Å²) in [6.07, 6.45) is 1.61. The van der Waals surface area contributed by atoms with Crippen LogP contribution in [0.25, 0.3) is 0 Å². The summed E-state index contributed by atoms with van der Waals surface area (Å²) in [7, 11) is 0. The third kappa shape index (κ3) is 1.14. The molecule has 2 heteroatoms. The van der Waals surface area contributed by atoms with Crippen LogP contribution < -0.4 is 0 Å². The highest BCUT2D eigenvalue weighted by Crippen LogP contribution is 2.44. The summed E-state index contributed by atoms with van der Waals surface area (Å²) in [4.78, 5) is 0. The number of halogens is 1.